The highest BCUT2D eigenvalue weighted by Crippen LogP contribution is 2.22. The number of amides is 1. The number of likely N-dealkylation sites (tertiary alicyclic amines) is 1. The van der Waals surface area contributed by atoms with Gasteiger partial charge < -0.3 is 19.1 Å². The van der Waals surface area contributed by atoms with Crippen molar-refractivity contribution in [2.75, 3.05) is 47.3 Å². The second-order valence-corrected chi connectivity index (χ2v) is 7.33. The van der Waals surface area contributed by atoms with E-state index in [1.807, 2.05) is 35.2 Å². The topological polar surface area (TPSA) is 39.9 Å². The molecule has 1 fully saturated rings. The van der Waals surface area contributed by atoms with Crippen LogP contribution < -0.4 is 0 Å². The van der Waals surface area contributed by atoms with Crippen LogP contribution in [0.5, 0.6) is 0 Å². The average Bonchev–Trinajstić information content (AvgIpc) is 3.05. The average molecular weight is 343 g/mol. The molecule has 3 rings (SSSR count). The van der Waals surface area contributed by atoms with Gasteiger partial charge in [-0.1, -0.05) is 18.2 Å². The molecule has 2 aromatic rings. The summed E-state index contributed by atoms with van der Waals surface area (Å²) in [6.07, 6.45) is 3.36. The maximum Gasteiger partial charge on any atom is 0.289 e. The fourth-order valence-electron chi connectivity index (χ4n) is 3.56. The predicted octanol–water partition coefficient (Wildman–Crippen LogP) is 2.92. The van der Waals surface area contributed by atoms with Gasteiger partial charge in [0, 0.05) is 24.5 Å². The van der Waals surface area contributed by atoms with Crippen molar-refractivity contribution in [1.29, 1.82) is 0 Å². The quantitative estimate of drug-likeness (QED) is 0.808. The number of hydrogen-bond donors (Lipinski definition) is 0. The Kier molecular flexibility index (Phi) is 5.76. The van der Waals surface area contributed by atoms with Gasteiger partial charge in [-0.2, -0.15) is 0 Å². The normalized spacial score (nSPS) is 18.4. The van der Waals surface area contributed by atoms with Gasteiger partial charge >= 0.3 is 0 Å². The summed E-state index contributed by atoms with van der Waals surface area (Å²) >= 11 is 0. The molecule has 0 N–H and O–H groups in total. The van der Waals surface area contributed by atoms with Gasteiger partial charge in [0.05, 0.1) is 0 Å². The van der Waals surface area contributed by atoms with Crippen LogP contribution in [0.2, 0.25) is 0 Å². The van der Waals surface area contributed by atoms with Crippen LogP contribution in [0.25, 0.3) is 11.0 Å². The van der Waals surface area contributed by atoms with E-state index in [2.05, 4.69) is 30.9 Å². The predicted molar refractivity (Wildman–Crippen MR) is 101 cm³/mol. The molecule has 0 radical (unpaired) electrons. The van der Waals surface area contributed by atoms with Crippen LogP contribution >= 0.6 is 0 Å². The van der Waals surface area contributed by atoms with Crippen molar-refractivity contribution in [2.24, 2.45) is 0 Å². The van der Waals surface area contributed by atoms with E-state index in [1.54, 1.807) is 0 Å². The molecule has 1 saturated heterocycles. The molecule has 1 unspecified atom stereocenters. The largest absolute Gasteiger partial charge is 0.451 e. The molecule has 0 saturated carbocycles. The number of hydrogen-bond acceptors (Lipinski definition) is 4. The number of carbonyl (C=O) groups excluding carboxylic acids is 1. The zero-order valence-corrected chi connectivity index (χ0v) is 15.6. The van der Waals surface area contributed by atoms with Crippen LogP contribution in [0, 0.1) is 0 Å². The van der Waals surface area contributed by atoms with Crippen LogP contribution in [-0.2, 0) is 0 Å². The maximum atomic E-state index is 12.8. The number of rotatable bonds is 6. The molecular formula is C20H29N3O2. The lowest BCUT2D eigenvalue weighted by Gasteiger charge is -2.37. The minimum absolute atomic E-state index is 0.0163. The molecule has 1 atom stereocenters. The molecule has 1 aromatic heterocycles. The molecule has 136 valence electrons. The van der Waals surface area contributed by atoms with E-state index in [-0.39, 0.29) is 5.91 Å². The minimum Gasteiger partial charge on any atom is -0.451 e. The first kappa shape index (κ1) is 18.0. The summed E-state index contributed by atoms with van der Waals surface area (Å²) in [4.78, 5) is 19.4. The highest BCUT2D eigenvalue weighted by atomic mass is 16.3. The summed E-state index contributed by atoms with van der Waals surface area (Å²) < 4.78 is 5.76. The first-order valence-electron chi connectivity index (χ1n) is 9.17. The number of fused-ring (bicyclic) bond motifs is 1. The first-order valence-corrected chi connectivity index (χ1v) is 9.17. The second-order valence-electron chi connectivity index (χ2n) is 7.33. The Morgan fingerprint density at radius 3 is 2.80 bits per heavy atom. The molecule has 0 aliphatic carbocycles. The van der Waals surface area contributed by atoms with Gasteiger partial charge in [0.2, 0.25) is 0 Å². The van der Waals surface area contributed by atoms with Crippen LogP contribution in [-0.4, -0.2) is 74.0 Å². The Balaban J connectivity index is 1.61. The molecule has 1 amide bonds. The highest BCUT2D eigenvalue weighted by Gasteiger charge is 2.28. The molecule has 0 bridgehead atoms. The summed E-state index contributed by atoms with van der Waals surface area (Å²) in [7, 11) is 6.39. The van der Waals surface area contributed by atoms with E-state index in [9.17, 15) is 4.79 Å². The van der Waals surface area contributed by atoms with Gasteiger partial charge in [-0.05, 0) is 65.6 Å². The fourth-order valence-corrected chi connectivity index (χ4v) is 3.56. The lowest BCUT2D eigenvalue weighted by atomic mass is 10.0. The number of nitrogens with zero attached hydrogens (tertiary/aromatic N) is 3. The summed E-state index contributed by atoms with van der Waals surface area (Å²) in [5, 5.41) is 0.986. The van der Waals surface area contributed by atoms with Crippen molar-refractivity contribution in [3.05, 3.63) is 36.1 Å². The van der Waals surface area contributed by atoms with Crippen LogP contribution in [0.15, 0.2) is 34.7 Å². The van der Waals surface area contributed by atoms with Crippen molar-refractivity contribution in [3.63, 3.8) is 0 Å². The Bertz CT molecular complexity index is 677. The van der Waals surface area contributed by atoms with Crippen LogP contribution in [0.1, 0.15) is 29.8 Å². The molecule has 1 aliphatic heterocycles. The summed E-state index contributed by atoms with van der Waals surface area (Å²) in [6.45, 7) is 3.76. The summed E-state index contributed by atoms with van der Waals surface area (Å²) in [5.41, 5.74) is 0.778. The van der Waals surface area contributed by atoms with Crippen LogP contribution in [0.4, 0.5) is 0 Å². The first-order chi connectivity index (χ1) is 12.0. The smallest absolute Gasteiger partial charge is 0.289 e. The number of benzene rings is 1. The van der Waals surface area contributed by atoms with Crippen molar-refractivity contribution in [2.45, 2.75) is 25.3 Å². The Morgan fingerprint density at radius 2 is 2.04 bits per heavy atom. The Morgan fingerprint density at radius 1 is 1.24 bits per heavy atom. The fraction of sp³-hybridized carbons (Fsp3) is 0.550. The molecule has 5 heteroatoms. The van der Waals surface area contributed by atoms with E-state index in [0.29, 0.717) is 11.8 Å². The SMILES string of the molecule is CN(C)CCCN(C)C1CCCN(C(=O)c2cc3ccccc3o2)C1. The van der Waals surface area contributed by atoms with E-state index in [0.717, 1.165) is 56.4 Å². The molecule has 1 aliphatic rings. The van der Waals surface area contributed by atoms with Crippen molar-refractivity contribution in [1.82, 2.24) is 14.7 Å². The molecule has 0 spiro atoms. The van der Waals surface area contributed by atoms with Gasteiger partial charge in [-0.25, -0.2) is 0 Å². The third-order valence-electron chi connectivity index (χ3n) is 5.06. The van der Waals surface area contributed by atoms with E-state index >= 15 is 0 Å². The number of piperidine rings is 1. The zero-order valence-electron chi connectivity index (χ0n) is 15.6. The standard InChI is InChI=1S/C20H29N3O2/c1-21(2)11-7-12-22(3)17-9-6-13-23(15-17)20(24)19-14-16-8-4-5-10-18(16)25-19/h4-5,8,10,14,17H,6-7,9,11-13,15H2,1-3H3. The summed E-state index contributed by atoms with van der Waals surface area (Å²) in [5.74, 6) is 0.472. The second kappa shape index (κ2) is 8.02. The van der Waals surface area contributed by atoms with Crippen LogP contribution in [0.3, 0.4) is 0 Å². The third kappa shape index (κ3) is 4.41. The monoisotopic (exact) mass is 343 g/mol. The lowest BCUT2D eigenvalue weighted by Crippen LogP contribution is -2.49. The van der Waals surface area contributed by atoms with Crippen molar-refractivity contribution < 1.29 is 9.21 Å². The van der Waals surface area contributed by atoms with Crippen molar-refractivity contribution in [3.8, 4) is 0 Å². The molecule has 1 aromatic carbocycles. The Hall–Kier alpha value is -1.85. The Labute approximate surface area is 150 Å². The molecule has 2 heterocycles. The number of likely N-dealkylation sites (N-methyl/N-ethyl adjacent to an activating group) is 1. The molecule has 5 nitrogen and oxygen atoms in total. The number of para-hydroxylation sites is 1. The van der Waals surface area contributed by atoms with E-state index < -0.39 is 0 Å². The highest BCUT2D eigenvalue weighted by molar-refractivity contribution is 5.96. The third-order valence-corrected chi connectivity index (χ3v) is 5.06. The van der Waals surface area contributed by atoms with Gasteiger partial charge in [-0.3, -0.25) is 4.79 Å². The molecule has 25 heavy (non-hydrogen) atoms. The van der Waals surface area contributed by atoms with Gasteiger partial charge in [-0.15, -0.1) is 0 Å². The number of furan rings is 1. The number of carbonyl (C=O) groups is 1. The maximum absolute atomic E-state index is 12.8. The van der Waals surface area contributed by atoms with Gasteiger partial charge in [0.15, 0.2) is 5.76 Å². The zero-order chi connectivity index (χ0) is 17.8. The minimum atomic E-state index is 0.0163. The van der Waals surface area contributed by atoms with E-state index in [1.165, 1.54) is 0 Å². The lowest BCUT2D eigenvalue weighted by molar-refractivity contribution is 0.0579. The van der Waals surface area contributed by atoms with E-state index in [4.69, 9.17) is 4.42 Å². The van der Waals surface area contributed by atoms with Gasteiger partial charge in [0.1, 0.15) is 5.58 Å². The summed E-state index contributed by atoms with van der Waals surface area (Å²) in [6, 6.07) is 10.1. The van der Waals surface area contributed by atoms with Crippen molar-refractivity contribution >= 4 is 16.9 Å². The molecular weight excluding hydrogens is 314 g/mol. The van der Waals surface area contributed by atoms with Gasteiger partial charge in [0.25, 0.3) is 5.91 Å².